The lowest BCUT2D eigenvalue weighted by Gasteiger charge is -2.31. The summed E-state index contributed by atoms with van der Waals surface area (Å²) in [6.07, 6.45) is 0. The van der Waals surface area contributed by atoms with Crippen molar-refractivity contribution < 1.29 is 0 Å². The molecule has 71 heavy (non-hydrogen) atoms. The van der Waals surface area contributed by atoms with Crippen molar-refractivity contribution in [2.24, 2.45) is 0 Å². The van der Waals surface area contributed by atoms with Crippen molar-refractivity contribution in [3.8, 4) is 50.2 Å². The lowest BCUT2D eigenvalue weighted by Crippen LogP contribution is -2.16. The van der Waals surface area contributed by atoms with Gasteiger partial charge >= 0.3 is 0 Å². The van der Waals surface area contributed by atoms with Crippen molar-refractivity contribution in [1.82, 2.24) is 4.57 Å². The van der Waals surface area contributed by atoms with Gasteiger partial charge in [0.25, 0.3) is 0 Å². The number of fused-ring (bicyclic) bond motifs is 7. The average molecular weight is 917 g/mol. The quantitative estimate of drug-likeness (QED) is 0.155. The number of para-hydroxylation sites is 4. The number of anilines is 3. The van der Waals surface area contributed by atoms with E-state index in [0.29, 0.717) is 0 Å². The smallest absolute Gasteiger partial charge is 0.0562 e. The second kappa shape index (κ2) is 16.6. The largest absolute Gasteiger partial charge is 0.309 e. The summed E-state index contributed by atoms with van der Waals surface area (Å²) < 4.78 is 2.43. The molecule has 346 valence electrons. The van der Waals surface area contributed by atoms with E-state index in [0.717, 1.165) is 33.8 Å². The van der Waals surface area contributed by atoms with Crippen molar-refractivity contribution in [3.63, 3.8) is 0 Å². The van der Waals surface area contributed by atoms with Crippen LogP contribution in [0, 0.1) is 0 Å². The van der Waals surface area contributed by atoms with Crippen LogP contribution in [-0.2, 0) is 16.2 Å². The van der Waals surface area contributed by atoms with E-state index < -0.39 is 0 Å². The highest BCUT2D eigenvalue weighted by Crippen LogP contribution is 2.53. The van der Waals surface area contributed by atoms with Crippen LogP contribution in [0.15, 0.2) is 218 Å². The Bertz CT molecular complexity index is 3830. The van der Waals surface area contributed by atoms with Gasteiger partial charge in [0.15, 0.2) is 0 Å². The van der Waals surface area contributed by atoms with Gasteiger partial charge in [-0.25, -0.2) is 0 Å². The van der Waals surface area contributed by atoms with Gasteiger partial charge < -0.3 is 9.47 Å². The average Bonchev–Trinajstić information content (AvgIpc) is 3.84. The summed E-state index contributed by atoms with van der Waals surface area (Å²) in [6.45, 7) is 18.7. The predicted molar refractivity (Wildman–Crippen MR) is 304 cm³/mol. The molecule has 0 radical (unpaired) electrons. The van der Waals surface area contributed by atoms with Gasteiger partial charge in [0.1, 0.15) is 0 Å². The SMILES string of the molecule is CC(C)(C)c1cc(-c2cccc3cccc(-c4ccccc4N(c4ccccc4-c4ccc5c(c4)C(C)(C)c4ccccc4-5)c4cccc5c4c4ccccc4n5-c4ccccc4)c23)cc(C(C)(C)C)c1. The van der Waals surface area contributed by atoms with Crippen LogP contribution in [-0.4, -0.2) is 4.57 Å². The van der Waals surface area contributed by atoms with Crippen LogP contribution >= 0.6 is 0 Å². The topological polar surface area (TPSA) is 8.17 Å². The Kier molecular flexibility index (Phi) is 10.4. The minimum atomic E-state index is -0.139. The molecular weight excluding hydrogens is 857 g/mol. The van der Waals surface area contributed by atoms with Crippen LogP contribution in [0.5, 0.6) is 0 Å². The molecule has 0 atom stereocenters. The molecule has 11 aromatic rings. The molecule has 0 saturated heterocycles. The van der Waals surface area contributed by atoms with Crippen molar-refractivity contribution in [3.05, 3.63) is 241 Å². The summed E-state index contributed by atoms with van der Waals surface area (Å²) in [7, 11) is 0. The molecule has 0 aliphatic heterocycles. The third-order valence-corrected chi connectivity index (χ3v) is 15.3. The highest BCUT2D eigenvalue weighted by Gasteiger charge is 2.36. The minimum Gasteiger partial charge on any atom is -0.309 e. The molecule has 0 saturated carbocycles. The Balaban J connectivity index is 1.15. The number of benzene rings is 10. The van der Waals surface area contributed by atoms with Crippen molar-refractivity contribution >= 4 is 49.6 Å². The van der Waals surface area contributed by atoms with Gasteiger partial charge in [-0.2, -0.15) is 0 Å². The van der Waals surface area contributed by atoms with Gasteiger partial charge in [-0.1, -0.05) is 225 Å². The lowest BCUT2D eigenvalue weighted by atomic mass is 9.78. The number of hydrogen-bond acceptors (Lipinski definition) is 1. The Labute approximate surface area is 419 Å². The second-order valence-corrected chi connectivity index (χ2v) is 22.2. The molecule has 2 nitrogen and oxygen atoms in total. The zero-order valence-electron chi connectivity index (χ0n) is 42.2. The molecule has 0 fully saturated rings. The van der Waals surface area contributed by atoms with Gasteiger partial charge in [0.05, 0.1) is 28.1 Å². The monoisotopic (exact) mass is 916 g/mol. The van der Waals surface area contributed by atoms with Crippen molar-refractivity contribution in [2.45, 2.75) is 71.6 Å². The van der Waals surface area contributed by atoms with Gasteiger partial charge in [-0.05, 0) is 126 Å². The molecule has 1 aliphatic carbocycles. The van der Waals surface area contributed by atoms with Crippen LogP contribution in [0.4, 0.5) is 17.1 Å². The Morgan fingerprint density at radius 1 is 0.366 bits per heavy atom. The molecule has 0 N–H and O–H groups in total. The van der Waals surface area contributed by atoms with Crippen molar-refractivity contribution in [1.29, 1.82) is 0 Å². The van der Waals surface area contributed by atoms with Crippen molar-refractivity contribution in [2.75, 3.05) is 4.90 Å². The van der Waals surface area contributed by atoms with E-state index in [-0.39, 0.29) is 16.2 Å². The molecule has 0 spiro atoms. The standard InChI is InChI=1S/C69H60N2/c1-67(2,3)48-41-47(42-49(44-48)68(4,5)6)52-31-20-23-45-24-21-32-56(65(45)52)55-29-14-18-35-61(55)71(64-38-22-37-63-66(64)57-30-15-19-36-62(57)70(63)50-25-10-9-11-26-50)60-34-17-13-27-51(60)46-39-40-54-53-28-12-16-33-58(53)69(7,8)59(54)43-46/h9-44H,1-8H3. The highest BCUT2D eigenvalue weighted by molar-refractivity contribution is 6.18. The maximum absolute atomic E-state index is 2.57. The Morgan fingerprint density at radius 2 is 0.901 bits per heavy atom. The minimum absolute atomic E-state index is 0.0207. The fourth-order valence-electron chi connectivity index (χ4n) is 11.6. The maximum atomic E-state index is 2.57. The number of nitrogens with zero attached hydrogens (tertiary/aromatic N) is 2. The summed E-state index contributed by atoms with van der Waals surface area (Å²) in [5.41, 5.74) is 22.0. The third-order valence-electron chi connectivity index (χ3n) is 15.3. The fourth-order valence-corrected chi connectivity index (χ4v) is 11.6. The third kappa shape index (κ3) is 7.30. The number of aromatic nitrogens is 1. The van der Waals surface area contributed by atoms with Crippen LogP contribution in [0.25, 0.3) is 82.8 Å². The van der Waals surface area contributed by atoms with Gasteiger partial charge in [0, 0.05) is 33.0 Å². The number of hydrogen-bond donors (Lipinski definition) is 0. The van der Waals surface area contributed by atoms with E-state index in [1.165, 1.54) is 88.3 Å². The zero-order chi connectivity index (χ0) is 48.8. The van der Waals surface area contributed by atoms with E-state index in [2.05, 4.69) is 283 Å². The molecule has 2 heteroatoms. The summed E-state index contributed by atoms with van der Waals surface area (Å²) in [4.78, 5) is 2.57. The summed E-state index contributed by atoms with van der Waals surface area (Å²) in [5.74, 6) is 0. The summed E-state index contributed by atoms with van der Waals surface area (Å²) in [5, 5.41) is 4.88. The molecule has 10 aromatic carbocycles. The van der Waals surface area contributed by atoms with E-state index in [4.69, 9.17) is 0 Å². The molecule has 1 aromatic heterocycles. The van der Waals surface area contributed by atoms with E-state index in [9.17, 15) is 0 Å². The predicted octanol–water partition coefficient (Wildman–Crippen LogP) is 19.3. The van der Waals surface area contributed by atoms with Crippen LogP contribution in [0.1, 0.15) is 77.6 Å². The molecule has 1 heterocycles. The first kappa shape index (κ1) is 44.3. The van der Waals surface area contributed by atoms with Crippen LogP contribution in [0.3, 0.4) is 0 Å². The number of rotatable bonds is 7. The zero-order valence-corrected chi connectivity index (χ0v) is 42.2. The van der Waals surface area contributed by atoms with Gasteiger partial charge in [0.2, 0.25) is 0 Å². The molecule has 0 bridgehead atoms. The van der Waals surface area contributed by atoms with Crippen LogP contribution < -0.4 is 4.90 Å². The van der Waals surface area contributed by atoms with Gasteiger partial charge in [-0.3, -0.25) is 0 Å². The molecular formula is C69H60N2. The lowest BCUT2D eigenvalue weighted by molar-refractivity contribution is 0.569. The van der Waals surface area contributed by atoms with E-state index in [1.807, 2.05) is 0 Å². The fraction of sp³-hybridized carbons (Fsp3) is 0.159. The molecule has 0 unspecified atom stereocenters. The van der Waals surface area contributed by atoms with Crippen LogP contribution in [0.2, 0.25) is 0 Å². The molecule has 0 amide bonds. The Hall–Kier alpha value is -7.94. The molecule has 1 aliphatic rings. The first-order chi connectivity index (χ1) is 34.3. The molecule has 12 rings (SSSR count). The maximum Gasteiger partial charge on any atom is 0.0562 e. The van der Waals surface area contributed by atoms with Gasteiger partial charge in [-0.15, -0.1) is 0 Å². The first-order valence-electron chi connectivity index (χ1n) is 25.3. The van der Waals surface area contributed by atoms with E-state index in [1.54, 1.807) is 0 Å². The Morgan fingerprint density at radius 3 is 1.62 bits per heavy atom. The van der Waals surface area contributed by atoms with E-state index >= 15 is 0 Å². The highest BCUT2D eigenvalue weighted by atomic mass is 15.2. The first-order valence-corrected chi connectivity index (χ1v) is 25.3. The summed E-state index contributed by atoms with van der Waals surface area (Å²) >= 11 is 0. The summed E-state index contributed by atoms with van der Waals surface area (Å²) in [6, 6.07) is 81.9. The second-order valence-electron chi connectivity index (χ2n) is 22.2. The normalized spacial score (nSPS) is 13.2.